The van der Waals surface area contributed by atoms with Crippen molar-refractivity contribution in [2.75, 3.05) is 13.2 Å². The Kier molecular flexibility index (Phi) is 59.7. The van der Waals surface area contributed by atoms with Crippen LogP contribution in [0.3, 0.4) is 0 Å². The van der Waals surface area contributed by atoms with E-state index in [0.717, 1.165) is 89.9 Å². The third-order valence-electron chi connectivity index (χ3n) is 17.1. The SMILES string of the molecule is CC/C=C\C/C=C\C/C=C\C/C=C\C/C=C\CCCCCC(=O)OC1C(OCC(NC(=O)C(O)CCCCCCCCCCCCCCCCCCCCCCCCCCCC)C(O)/C=C/CCCCCCCCCCCCC)OC(CO)C(O)C1O. The molecule has 506 valence electrons. The third kappa shape index (κ3) is 50.4. The number of nitrogens with one attached hydrogen (secondary N) is 1. The van der Waals surface area contributed by atoms with E-state index in [-0.39, 0.29) is 13.0 Å². The van der Waals surface area contributed by atoms with Gasteiger partial charge in [0.15, 0.2) is 12.4 Å². The maximum atomic E-state index is 13.5. The Labute approximate surface area is 534 Å². The van der Waals surface area contributed by atoms with Crippen LogP contribution in [0.15, 0.2) is 72.9 Å². The Hall–Kier alpha value is -2.90. The molecule has 1 fully saturated rings. The van der Waals surface area contributed by atoms with Gasteiger partial charge in [-0.25, -0.2) is 0 Å². The van der Waals surface area contributed by atoms with Crippen LogP contribution in [0.2, 0.25) is 0 Å². The van der Waals surface area contributed by atoms with Crippen LogP contribution in [0.1, 0.15) is 335 Å². The van der Waals surface area contributed by atoms with Crippen molar-refractivity contribution in [1.29, 1.82) is 0 Å². The number of ether oxygens (including phenoxy) is 3. The maximum absolute atomic E-state index is 13.5. The van der Waals surface area contributed by atoms with Gasteiger partial charge < -0.3 is 45.1 Å². The topological polar surface area (TPSA) is 175 Å². The van der Waals surface area contributed by atoms with E-state index < -0.39 is 67.4 Å². The van der Waals surface area contributed by atoms with Gasteiger partial charge in [-0.3, -0.25) is 9.59 Å². The van der Waals surface area contributed by atoms with E-state index in [1.165, 1.54) is 199 Å². The maximum Gasteiger partial charge on any atom is 0.306 e. The van der Waals surface area contributed by atoms with Gasteiger partial charge in [0.2, 0.25) is 5.91 Å². The summed E-state index contributed by atoms with van der Waals surface area (Å²) in [4.78, 5) is 26.7. The second kappa shape index (κ2) is 63.3. The number of hydrogen-bond donors (Lipinski definition) is 6. The van der Waals surface area contributed by atoms with E-state index in [1.54, 1.807) is 6.08 Å². The number of unbranched alkanes of at least 4 members (excludes halogenated alkanes) is 39. The summed E-state index contributed by atoms with van der Waals surface area (Å²) >= 11 is 0. The van der Waals surface area contributed by atoms with Crippen LogP contribution in [0.5, 0.6) is 0 Å². The molecule has 0 aliphatic carbocycles. The number of carbonyl (C=O) groups excluding carboxylic acids is 2. The average molecular weight is 1220 g/mol. The van der Waals surface area contributed by atoms with E-state index in [0.29, 0.717) is 19.3 Å². The predicted molar refractivity (Wildman–Crippen MR) is 366 cm³/mol. The fourth-order valence-corrected chi connectivity index (χ4v) is 11.4. The number of amides is 1. The zero-order valence-electron chi connectivity index (χ0n) is 56.4. The van der Waals surface area contributed by atoms with Gasteiger partial charge in [-0.15, -0.1) is 0 Å². The van der Waals surface area contributed by atoms with E-state index in [1.807, 2.05) is 6.08 Å². The third-order valence-corrected chi connectivity index (χ3v) is 17.1. The molecular formula is C76H137NO10. The van der Waals surface area contributed by atoms with Crippen molar-refractivity contribution in [2.45, 2.75) is 384 Å². The molecule has 0 radical (unpaired) electrons. The lowest BCUT2D eigenvalue weighted by Crippen LogP contribution is -2.61. The van der Waals surface area contributed by atoms with Crippen molar-refractivity contribution in [3.63, 3.8) is 0 Å². The number of hydrogen-bond acceptors (Lipinski definition) is 10. The van der Waals surface area contributed by atoms with Gasteiger partial charge >= 0.3 is 5.97 Å². The summed E-state index contributed by atoms with van der Waals surface area (Å²) in [5.74, 6) is -1.22. The first-order valence-electron chi connectivity index (χ1n) is 36.7. The Morgan fingerprint density at radius 2 is 0.828 bits per heavy atom. The standard InChI is InChI=1S/C76H137NO10/c1-4-7-10-13-16-19-22-25-27-29-31-32-33-34-35-36-37-39-40-42-45-48-51-54-57-60-63-69(80)75(84)77-67(68(79)62-59-56-53-50-47-44-24-21-18-15-12-9-6-3)66-85-76-74(73(83)72(82)70(65-78)86-76)87-71(81)64-61-58-55-52-49-46-43-41-38-30-28-26-23-20-17-14-11-8-5-2/h8,11,17,20,26,28,38,41,46,49,59,62,67-70,72-74,76,78-80,82-83H,4-7,9-10,12-16,18-19,21-25,27,29-37,39-40,42-45,47-48,50-58,60-61,63-66H2,1-3H3,(H,77,84)/b11-8-,20-17-,28-26-,41-38-,49-46-,62-59+. The van der Waals surface area contributed by atoms with Crippen LogP contribution in [0.4, 0.5) is 0 Å². The van der Waals surface area contributed by atoms with Crippen molar-refractivity contribution < 1.29 is 49.3 Å². The van der Waals surface area contributed by atoms with E-state index in [2.05, 4.69) is 86.8 Å². The molecule has 8 atom stereocenters. The highest BCUT2D eigenvalue weighted by atomic mass is 16.7. The minimum absolute atomic E-state index is 0.0833. The molecule has 0 aromatic heterocycles. The van der Waals surface area contributed by atoms with Crippen molar-refractivity contribution in [3.05, 3.63) is 72.9 Å². The van der Waals surface area contributed by atoms with Crippen molar-refractivity contribution >= 4 is 11.9 Å². The summed E-state index contributed by atoms with van der Waals surface area (Å²) in [7, 11) is 0. The first-order valence-corrected chi connectivity index (χ1v) is 36.7. The molecule has 0 aromatic carbocycles. The van der Waals surface area contributed by atoms with Gasteiger partial charge in [-0.1, -0.05) is 331 Å². The van der Waals surface area contributed by atoms with E-state index in [9.17, 15) is 35.1 Å². The van der Waals surface area contributed by atoms with Crippen LogP contribution in [-0.2, 0) is 23.8 Å². The minimum atomic E-state index is -1.63. The fourth-order valence-electron chi connectivity index (χ4n) is 11.4. The Bertz CT molecular complexity index is 1690. The second-order valence-corrected chi connectivity index (χ2v) is 25.3. The molecule has 1 aliphatic rings. The lowest BCUT2D eigenvalue weighted by molar-refractivity contribution is -0.305. The molecule has 1 aliphatic heterocycles. The van der Waals surface area contributed by atoms with E-state index in [4.69, 9.17) is 14.2 Å². The molecule has 0 aromatic rings. The summed E-state index contributed by atoms with van der Waals surface area (Å²) in [6, 6.07) is -1.03. The zero-order chi connectivity index (χ0) is 63.1. The molecular weight excluding hydrogens is 1090 g/mol. The monoisotopic (exact) mass is 1220 g/mol. The molecule has 1 saturated heterocycles. The highest BCUT2D eigenvalue weighted by Gasteiger charge is 2.47. The molecule has 0 saturated carbocycles. The highest BCUT2D eigenvalue weighted by molar-refractivity contribution is 5.80. The van der Waals surface area contributed by atoms with Crippen molar-refractivity contribution in [1.82, 2.24) is 5.32 Å². The Balaban J connectivity index is 2.57. The molecule has 11 heteroatoms. The van der Waals surface area contributed by atoms with Gasteiger partial charge in [-0.2, -0.15) is 0 Å². The normalized spacial score (nSPS) is 18.6. The predicted octanol–water partition coefficient (Wildman–Crippen LogP) is 19.1. The highest BCUT2D eigenvalue weighted by Crippen LogP contribution is 2.26. The summed E-state index contributed by atoms with van der Waals surface area (Å²) in [5.41, 5.74) is 0. The smallest absolute Gasteiger partial charge is 0.306 e. The summed E-state index contributed by atoms with van der Waals surface area (Å²) in [6.07, 6.45) is 72.4. The van der Waals surface area contributed by atoms with Crippen molar-refractivity contribution in [3.8, 4) is 0 Å². The zero-order valence-corrected chi connectivity index (χ0v) is 56.4. The summed E-state index contributed by atoms with van der Waals surface area (Å²) in [5, 5.41) is 57.3. The molecule has 1 rings (SSSR count). The molecule has 6 N–H and O–H groups in total. The number of aliphatic hydroxyl groups is 5. The molecule has 1 heterocycles. The van der Waals surface area contributed by atoms with Gasteiger partial charge in [-0.05, 0) is 70.6 Å². The van der Waals surface area contributed by atoms with Gasteiger partial charge in [0.05, 0.1) is 25.4 Å². The van der Waals surface area contributed by atoms with Crippen molar-refractivity contribution in [2.24, 2.45) is 0 Å². The van der Waals surface area contributed by atoms with Gasteiger partial charge in [0.1, 0.15) is 24.4 Å². The molecule has 0 bridgehead atoms. The number of rotatable bonds is 63. The van der Waals surface area contributed by atoms with Crippen LogP contribution in [0, 0.1) is 0 Å². The van der Waals surface area contributed by atoms with Crippen LogP contribution >= 0.6 is 0 Å². The van der Waals surface area contributed by atoms with Gasteiger partial charge in [0, 0.05) is 6.42 Å². The fraction of sp³-hybridized carbons (Fsp3) is 0.816. The number of esters is 1. The Morgan fingerprint density at radius 1 is 0.460 bits per heavy atom. The number of allylic oxidation sites excluding steroid dienone is 11. The first kappa shape index (κ1) is 82.1. The lowest BCUT2D eigenvalue weighted by Gasteiger charge is -2.41. The molecule has 87 heavy (non-hydrogen) atoms. The molecule has 11 nitrogen and oxygen atoms in total. The summed E-state index contributed by atoms with van der Waals surface area (Å²) in [6.45, 7) is 5.71. The van der Waals surface area contributed by atoms with Gasteiger partial charge in [0.25, 0.3) is 0 Å². The molecule has 8 unspecified atom stereocenters. The quantitative estimate of drug-likeness (QED) is 0.0195. The Morgan fingerprint density at radius 3 is 1.24 bits per heavy atom. The molecule has 0 spiro atoms. The van der Waals surface area contributed by atoms with E-state index >= 15 is 0 Å². The first-order chi connectivity index (χ1) is 42.7. The lowest BCUT2D eigenvalue weighted by atomic mass is 9.99. The summed E-state index contributed by atoms with van der Waals surface area (Å²) < 4.78 is 17.7. The van der Waals surface area contributed by atoms with Crippen LogP contribution in [0.25, 0.3) is 0 Å². The average Bonchev–Trinajstić information content (AvgIpc) is 2.51. The molecule has 1 amide bonds. The second-order valence-electron chi connectivity index (χ2n) is 25.3. The number of aliphatic hydroxyl groups excluding tert-OH is 5. The van der Waals surface area contributed by atoms with Crippen LogP contribution < -0.4 is 5.32 Å². The largest absolute Gasteiger partial charge is 0.454 e. The van der Waals surface area contributed by atoms with Crippen LogP contribution in [-0.4, -0.2) is 99.6 Å². The number of carbonyl (C=O) groups is 2. The minimum Gasteiger partial charge on any atom is -0.454 e.